The summed E-state index contributed by atoms with van der Waals surface area (Å²) in [4.78, 5) is 20.7. The lowest BCUT2D eigenvalue weighted by Gasteiger charge is -2.07. The molecule has 0 aliphatic heterocycles. The van der Waals surface area contributed by atoms with Crippen LogP contribution in [0.15, 0.2) is 18.2 Å². The van der Waals surface area contributed by atoms with Crippen molar-refractivity contribution < 1.29 is 14.8 Å². The number of carboxylic acids is 1. The average Bonchev–Trinajstić information content (AvgIpc) is 2.15. The molecule has 0 aliphatic rings. The lowest BCUT2D eigenvalue weighted by atomic mass is 10.00. The Bertz CT molecular complexity index is 419. The van der Waals surface area contributed by atoms with Gasteiger partial charge < -0.3 is 5.11 Å². The number of nitrogens with zero attached hydrogens (tertiary/aromatic N) is 1. The van der Waals surface area contributed by atoms with E-state index < -0.39 is 16.8 Å². The van der Waals surface area contributed by atoms with Crippen LogP contribution in [0.5, 0.6) is 0 Å². The van der Waals surface area contributed by atoms with Crippen LogP contribution in [0.2, 0.25) is 5.02 Å². The van der Waals surface area contributed by atoms with Crippen molar-refractivity contribution in [1.29, 1.82) is 0 Å². The summed E-state index contributed by atoms with van der Waals surface area (Å²) in [6.07, 6.45) is 0. The number of benzene rings is 1. The van der Waals surface area contributed by atoms with Crippen LogP contribution in [0.3, 0.4) is 0 Å². The highest BCUT2D eigenvalue weighted by molar-refractivity contribution is 6.32. The number of para-hydroxylation sites is 1. The topological polar surface area (TPSA) is 80.4 Å². The molecular formula is C9H8ClNO4. The maximum Gasteiger partial charge on any atom is 0.310 e. The summed E-state index contributed by atoms with van der Waals surface area (Å²) >= 11 is 5.64. The fraction of sp³-hybridized carbons (Fsp3) is 0.222. The van der Waals surface area contributed by atoms with Gasteiger partial charge in [0.1, 0.15) is 5.02 Å². The Kier molecular flexibility index (Phi) is 3.26. The first-order valence-electron chi connectivity index (χ1n) is 4.10. The Morgan fingerprint density at radius 3 is 2.67 bits per heavy atom. The minimum absolute atomic E-state index is 0.0504. The highest BCUT2D eigenvalue weighted by Gasteiger charge is 2.26. The Morgan fingerprint density at radius 1 is 1.60 bits per heavy atom. The van der Waals surface area contributed by atoms with Gasteiger partial charge in [0.15, 0.2) is 0 Å². The van der Waals surface area contributed by atoms with Gasteiger partial charge in [-0.1, -0.05) is 23.7 Å². The lowest BCUT2D eigenvalue weighted by molar-refractivity contribution is -0.385. The molecule has 0 heterocycles. The van der Waals surface area contributed by atoms with Crippen molar-refractivity contribution in [3.05, 3.63) is 38.9 Å². The molecule has 80 valence electrons. The number of rotatable bonds is 3. The molecule has 0 radical (unpaired) electrons. The normalized spacial score (nSPS) is 12.1. The molecule has 0 spiro atoms. The standard InChI is InChI=1S/C9H8ClNO4/c1-5(9(12)13)6-3-2-4-7(10)8(6)11(14)15/h2-5H,1H3,(H,12,13)/t5-/m1/s1. The molecule has 0 saturated heterocycles. The molecule has 6 heteroatoms. The molecule has 0 aliphatic carbocycles. The summed E-state index contributed by atoms with van der Waals surface area (Å²) in [5.74, 6) is -2.08. The molecule has 1 rings (SSSR count). The minimum atomic E-state index is -1.12. The number of hydrogen-bond donors (Lipinski definition) is 1. The lowest BCUT2D eigenvalue weighted by Crippen LogP contribution is -2.09. The van der Waals surface area contributed by atoms with Gasteiger partial charge in [-0.2, -0.15) is 0 Å². The molecule has 0 unspecified atom stereocenters. The third-order valence-electron chi connectivity index (χ3n) is 2.04. The Labute approximate surface area is 90.4 Å². The summed E-state index contributed by atoms with van der Waals surface area (Å²) in [7, 11) is 0. The number of carboxylic acid groups (broad SMARTS) is 1. The van der Waals surface area contributed by atoms with Gasteiger partial charge in [-0.05, 0) is 13.0 Å². The zero-order chi connectivity index (χ0) is 11.6. The van der Waals surface area contributed by atoms with E-state index in [0.29, 0.717) is 0 Å². The third kappa shape index (κ3) is 2.24. The zero-order valence-corrected chi connectivity index (χ0v) is 8.56. The Hall–Kier alpha value is -1.62. The van der Waals surface area contributed by atoms with Gasteiger partial charge in [-0.3, -0.25) is 14.9 Å². The van der Waals surface area contributed by atoms with Crippen LogP contribution >= 0.6 is 11.6 Å². The van der Waals surface area contributed by atoms with E-state index in [1.807, 2.05) is 0 Å². The van der Waals surface area contributed by atoms with Gasteiger partial charge in [0.2, 0.25) is 0 Å². The van der Waals surface area contributed by atoms with Crippen molar-refractivity contribution >= 4 is 23.3 Å². The van der Waals surface area contributed by atoms with Crippen molar-refractivity contribution in [2.75, 3.05) is 0 Å². The van der Waals surface area contributed by atoms with Gasteiger partial charge in [0, 0.05) is 5.56 Å². The molecule has 15 heavy (non-hydrogen) atoms. The second kappa shape index (κ2) is 4.27. The SMILES string of the molecule is C[C@@H](C(=O)O)c1cccc(Cl)c1[N+](=O)[O-]. The van der Waals surface area contributed by atoms with Crippen molar-refractivity contribution in [2.45, 2.75) is 12.8 Å². The first kappa shape index (κ1) is 11.5. The average molecular weight is 230 g/mol. The molecule has 0 amide bonds. The first-order valence-corrected chi connectivity index (χ1v) is 4.48. The van der Waals surface area contributed by atoms with Crippen molar-refractivity contribution in [2.24, 2.45) is 0 Å². The maximum atomic E-state index is 10.7. The Morgan fingerprint density at radius 2 is 2.20 bits per heavy atom. The van der Waals surface area contributed by atoms with Crippen molar-refractivity contribution in [1.82, 2.24) is 0 Å². The largest absolute Gasteiger partial charge is 0.481 e. The highest BCUT2D eigenvalue weighted by Crippen LogP contribution is 2.33. The van der Waals surface area contributed by atoms with Crippen LogP contribution in [0.25, 0.3) is 0 Å². The predicted molar refractivity (Wildman–Crippen MR) is 54.2 cm³/mol. The third-order valence-corrected chi connectivity index (χ3v) is 2.34. The van der Waals surface area contributed by atoms with E-state index in [9.17, 15) is 14.9 Å². The number of carbonyl (C=O) groups is 1. The molecule has 5 nitrogen and oxygen atoms in total. The van der Waals surface area contributed by atoms with Crippen LogP contribution < -0.4 is 0 Å². The fourth-order valence-corrected chi connectivity index (χ4v) is 1.46. The van der Waals surface area contributed by atoms with Crippen LogP contribution in [0.4, 0.5) is 5.69 Å². The maximum absolute atomic E-state index is 10.7. The summed E-state index contributed by atoms with van der Waals surface area (Å²) in [6.45, 7) is 1.38. The van der Waals surface area contributed by atoms with E-state index in [-0.39, 0.29) is 16.3 Å². The number of nitro groups is 1. The highest BCUT2D eigenvalue weighted by atomic mass is 35.5. The molecule has 1 aromatic rings. The van der Waals surface area contributed by atoms with Gasteiger partial charge in [0.05, 0.1) is 10.8 Å². The number of nitro benzene ring substituents is 1. The van der Waals surface area contributed by atoms with Gasteiger partial charge in [-0.25, -0.2) is 0 Å². The molecule has 0 aromatic heterocycles. The van der Waals surface area contributed by atoms with Crippen molar-refractivity contribution in [3.63, 3.8) is 0 Å². The minimum Gasteiger partial charge on any atom is -0.481 e. The fourth-order valence-electron chi connectivity index (χ4n) is 1.21. The van der Waals surface area contributed by atoms with Gasteiger partial charge in [0.25, 0.3) is 5.69 Å². The molecular weight excluding hydrogens is 222 g/mol. The van der Waals surface area contributed by atoms with Gasteiger partial charge >= 0.3 is 5.97 Å². The van der Waals surface area contributed by atoms with E-state index in [2.05, 4.69) is 0 Å². The molecule has 1 atom stereocenters. The molecule has 1 N–H and O–H groups in total. The van der Waals surface area contributed by atoms with Crippen LogP contribution in [-0.2, 0) is 4.79 Å². The van der Waals surface area contributed by atoms with Crippen LogP contribution in [0, 0.1) is 10.1 Å². The molecule has 0 fully saturated rings. The monoisotopic (exact) mass is 229 g/mol. The van der Waals surface area contributed by atoms with E-state index >= 15 is 0 Å². The molecule has 0 bridgehead atoms. The van der Waals surface area contributed by atoms with E-state index in [4.69, 9.17) is 16.7 Å². The van der Waals surface area contributed by atoms with Crippen LogP contribution in [-0.4, -0.2) is 16.0 Å². The van der Waals surface area contributed by atoms with Gasteiger partial charge in [-0.15, -0.1) is 0 Å². The number of hydrogen-bond acceptors (Lipinski definition) is 3. The Balaban J connectivity index is 3.35. The summed E-state index contributed by atoms with van der Waals surface area (Å²) in [6, 6.07) is 4.24. The van der Waals surface area contributed by atoms with Crippen LogP contribution in [0.1, 0.15) is 18.4 Å². The van der Waals surface area contributed by atoms with E-state index in [1.165, 1.54) is 25.1 Å². The summed E-state index contributed by atoms with van der Waals surface area (Å²) in [5, 5.41) is 19.4. The first-order chi connectivity index (χ1) is 6.95. The summed E-state index contributed by atoms with van der Waals surface area (Å²) in [5.41, 5.74) is -0.228. The quantitative estimate of drug-likeness (QED) is 0.638. The molecule has 1 aromatic carbocycles. The predicted octanol–water partition coefficient (Wildman–Crippen LogP) is 2.44. The second-order valence-corrected chi connectivity index (χ2v) is 3.40. The summed E-state index contributed by atoms with van der Waals surface area (Å²) < 4.78 is 0. The second-order valence-electron chi connectivity index (χ2n) is 2.99. The van der Waals surface area contributed by atoms with Crippen molar-refractivity contribution in [3.8, 4) is 0 Å². The van der Waals surface area contributed by atoms with E-state index in [0.717, 1.165) is 0 Å². The molecule has 0 saturated carbocycles. The number of halogens is 1. The number of aliphatic carboxylic acids is 1. The smallest absolute Gasteiger partial charge is 0.310 e. The zero-order valence-electron chi connectivity index (χ0n) is 7.81. The van der Waals surface area contributed by atoms with E-state index in [1.54, 1.807) is 0 Å².